The number of hydrogen-bond donors (Lipinski definition) is 3. The minimum Gasteiger partial charge on any atom is -0.506 e. The predicted octanol–water partition coefficient (Wildman–Crippen LogP) is 1.73. The summed E-state index contributed by atoms with van der Waals surface area (Å²) in [5.41, 5.74) is 7.39. The normalized spacial score (nSPS) is 18.5. The van der Waals surface area contributed by atoms with E-state index in [0.29, 0.717) is 5.69 Å². The van der Waals surface area contributed by atoms with Gasteiger partial charge in [0.2, 0.25) is 5.91 Å². The van der Waals surface area contributed by atoms with Crippen molar-refractivity contribution in [3.8, 4) is 5.75 Å². The Morgan fingerprint density at radius 3 is 2.65 bits per heavy atom. The number of phenols is 1. The fourth-order valence-electron chi connectivity index (χ4n) is 2.37. The summed E-state index contributed by atoms with van der Waals surface area (Å²) >= 11 is 0. The Bertz CT molecular complexity index is 451. The number of carbonyl (C=O) groups excluding carboxylic acids is 1. The first-order valence-electron chi connectivity index (χ1n) is 5.83. The minimum absolute atomic E-state index is 0.0109. The first-order valence-corrected chi connectivity index (χ1v) is 5.83. The number of amides is 1. The molecule has 0 radical (unpaired) electrons. The lowest BCUT2D eigenvalue weighted by atomic mass is 9.88. The smallest absolute Gasteiger partial charge is 0.221 e. The molecule has 0 bridgehead atoms. The second-order valence-corrected chi connectivity index (χ2v) is 4.83. The van der Waals surface area contributed by atoms with Gasteiger partial charge in [-0.1, -0.05) is 12.1 Å². The van der Waals surface area contributed by atoms with Gasteiger partial charge in [0.15, 0.2) is 0 Å². The van der Waals surface area contributed by atoms with Crippen molar-refractivity contribution in [2.75, 3.05) is 5.32 Å². The molecule has 0 heterocycles. The lowest BCUT2D eigenvalue weighted by Gasteiger charge is -2.23. The molecule has 1 fully saturated rings. The Morgan fingerprint density at radius 1 is 1.53 bits per heavy atom. The molecule has 0 aliphatic heterocycles. The van der Waals surface area contributed by atoms with Crippen LogP contribution in [0.15, 0.2) is 18.2 Å². The third kappa shape index (κ3) is 2.00. The largest absolute Gasteiger partial charge is 0.506 e. The van der Waals surface area contributed by atoms with Crippen molar-refractivity contribution in [2.45, 2.75) is 38.1 Å². The number of phenolic OH excluding ortho intramolecular Hbond substituents is 1. The molecule has 1 unspecified atom stereocenters. The average Bonchev–Trinajstić information content (AvgIpc) is 3.01. The molecule has 4 nitrogen and oxygen atoms in total. The first-order chi connectivity index (χ1) is 7.97. The lowest BCUT2D eigenvalue weighted by molar-refractivity contribution is -0.114. The Balaban J connectivity index is 2.47. The maximum absolute atomic E-state index is 11.2. The van der Waals surface area contributed by atoms with Gasteiger partial charge in [0.05, 0.1) is 5.69 Å². The summed E-state index contributed by atoms with van der Waals surface area (Å²) in [5.74, 6) is -0.0853. The van der Waals surface area contributed by atoms with Gasteiger partial charge in [0.25, 0.3) is 0 Å². The molecule has 1 aliphatic rings. The highest BCUT2D eigenvalue weighted by molar-refractivity contribution is 5.91. The molecule has 2 rings (SSSR count). The van der Waals surface area contributed by atoms with Gasteiger partial charge in [-0.15, -0.1) is 0 Å². The molecule has 0 saturated heterocycles. The van der Waals surface area contributed by atoms with Crippen LogP contribution >= 0.6 is 0 Å². The van der Waals surface area contributed by atoms with Crippen molar-refractivity contribution < 1.29 is 9.90 Å². The van der Waals surface area contributed by atoms with Gasteiger partial charge in [0.1, 0.15) is 5.75 Å². The van der Waals surface area contributed by atoms with Crippen molar-refractivity contribution in [3.63, 3.8) is 0 Å². The molecule has 4 N–H and O–H groups in total. The maximum atomic E-state index is 11.2. The van der Waals surface area contributed by atoms with Crippen LogP contribution in [0.5, 0.6) is 5.75 Å². The summed E-state index contributed by atoms with van der Waals surface area (Å²) in [7, 11) is 0. The average molecular weight is 234 g/mol. The Morgan fingerprint density at radius 2 is 2.18 bits per heavy atom. The SMILES string of the molecule is CC(=O)Nc1c(O)cccc1C1(C(C)N)CC1. The lowest BCUT2D eigenvalue weighted by Crippen LogP contribution is -2.32. The highest BCUT2D eigenvalue weighted by atomic mass is 16.3. The number of nitrogens with one attached hydrogen (secondary N) is 1. The third-order valence-electron chi connectivity index (χ3n) is 3.54. The van der Waals surface area contributed by atoms with Crippen molar-refractivity contribution >= 4 is 11.6 Å². The zero-order valence-corrected chi connectivity index (χ0v) is 10.2. The quantitative estimate of drug-likeness (QED) is 0.697. The Labute approximate surface area is 101 Å². The summed E-state index contributed by atoms with van der Waals surface area (Å²) < 4.78 is 0. The molecule has 0 aromatic heterocycles. The van der Waals surface area contributed by atoms with E-state index >= 15 is 0 Å². The van der Waals surface area contributed by atoms with Gasteiger partial charge in [-0.2, -0.15) is 0 Å². The van der Waals surface area contributed by atoms with E-state index in [1.165, 1.54) is 6.92 Å². The standard InChI is InChI=1S/C13H18N2O2/c1-8(14)13(6-7-13)10-4-3-5-11(17)12(10)15-9(2)16/h3-5,8,17H,6-7,14H2,1-2H3,(H,15,16). The molecule has 1 atom stereocenters. The van der Waals surface area contributed by atoms with Gasteiger partial charge in [-0.25, -0.2) is 0 Å². The number of hydrogen-bond acceptors (Lipinski definition) is 3. The zero-order valence-electron chi connectivity index (χ0n) is 10.2. The molecule has 1 aromatic rings. The molecule has 1 aromatic carbocycles. The molecular weight excluding hydrogens is 216 g/mol. The predicted molar refractivity (Wildman–Crippen MR) is 67.0 cm³/mol. The zero-order chi connectivity index (χ0) is 12.6. The summed E-state index contributed by atoms with van der Waals surface area (Å²) in [5, 5.41) is 12.6. The molecule has 4 heteroatoms. The number of para-hydroxylation sites is 1. The van der Waals surface area contributed by atoms with E-state index < -0.39 is 0 Å². The van der Waals surface area contributed by atoms with Crippen LogP contribution in [0.4, 0.5) is 5.69 Å². The highest BCUT2D eigenvalue weighted by Crippen LogP contribution is 2.53. The van der Waals surface area contributed by atoms with E-state index in [-0.39, 0.29) is 23.1 Å². The summed E-state index contributed by atoms with van der Waals surface area (Å²) in [6, 6.07) is 5.31. The van der Waals surface area contributed by atoms with Gasteiger partial charge in [0, 0.05) is 18.4 Å². The number of aromatic hydroxyl groups is 1. The van der Waals surface area contributed by atoms with E-state index in [1.54, 1.807) is 12.1 Å². The second kappa shape index (κ2) is 4.04. The van der Waals surface area contributed by atoms with Crippen LogP contribution in [-0.4, -0.2) is 17.1 Å². The fourth-order valence-corrected chi connectivity index (χ4v) is 2.37. The number of rotatable bonds is 3. The van der Waals surface area contributed by atoms with E-state index in [2.05, 4.69) is 5.32 Å². The Hall–Kier alpha value is -1.55. The molecule has 1 amide bonds. The Kier molecular flexibility index (Phi) is 2.83. The second-order valence-electron chi connectivity index (χ2n) is 4.83. The molecule has 92 valence electrons. The number of benzene rings is 1. The van der Waals surface area contributed by atoms with Crippen LogP contribution in [-0.2, 0) is 10.2 Å². The first kappa shape index (κ1) is 11.9. The van der Waals surface area contributed by atoms with Crippen LogP contribution in [0, 0.1) is 0 Å². The van der Waals surface area contributed by atoms with Crippen molar-refractivity contribution in [2.24, 2.45) is 5.73 Å². The van der Waals surface area contributed by atoms with Crippen LogP contribution in [0.1, 0.15) is 32.3 Å². The van der Waals surface area contributed by atoms with Gasteiger partial charge in [-0.3, -0.25) is 4.79 Å². The summed E-state index contributed by atoms with van der Waals surface area (Å²) in [6.45, 7) is 3.40. The number of anilines is 1. The van der Waals surface area contributed by atoms with Gasteiger partial charge >= 0.3 is 0 Å². The van der Waals surface area contributed by atoms with Crippen molar-refractivity contribution in [3.05, 3.63) is 23.8 Å². The molecule has 1 saturated carbocycles. The highest BCUT2D eigenvalue weighted by Gasteiger charge is 2.49. The maximum Gasteiger partial charge on any atom is 0.221 e. The van der Waals surface area contributed by atoms with Crippen LogP contribution in [0.2, 0.25) is 0 Å². The van der Waals surface area contributed by atoms with Crippen molar-refractivity contribution in [1.29, 1.82) is 0 Å². The van der Waals surface area contributed by atoms with Crippen LogP contribution in [0.25, 0.3) is 0 Å². The van der Waals surface area contributed by atoms with E-state index in [4.69, 9.17) is 5.73 Å². The summed E-state index contributed by atoms with van der Waals surface area (Å²) in [6.07, 6.45) is 2.00. The molecular formula is C13H18N2O2. The molecule has 17 heavy (non-hydrogen) atoms. The topological polar surface area (TPSA) is 75.3 Å². The van der Waals surface area contributed by atoms with E-state index in [1.807, 2.05) is 13.0 Å². The number of nitrogens with two attached hydrogens (primary N) is 1. The van der Waals surface area contributed by atoms with Crippen LogP contribution in [0.3, 0.4) is 0 Å². The van der Waals surface area contributed by atoms with E-state index in [9.17, 15) is 9.90 Å². The minimum atomic E-state index is -0.187. The van der Waals surface area contributed by atoms with Crippen LogP contribution < -0.4 is 11.1 Å². The number of carbonyl (C=O) groups is 1. The summed E-state index contributed by atoms with van der Waals surface area (Å²) in [4.78, 5) is 11.2. The van der Waals surface area contributed by atoms with Crippen molar-refractivity contribution in [1.82, 2.24) is 0 Å². The third-order valence-corrected chi connectivity index (χ3v) is 3.54. The monoisotopic (exact) mass is 234 g/mol. The molecule has 1 aliphatic carbocycles. The van der Waals surface area contributed by atoms with E-state index in [0.717, 1.165) is 18.4 Å². The van der Waals surface area contributed by atoms with Gasteiger partial charge < -0.3 is 16.2 Å². The fraction of sp³-hybridized carbons (Fsp3) is 0.462. The van der Waals surface area contributed by atoms with Gasteiger partial charge in [-0.05, 0) is 31.4 Å². The molecule has 0 spiro atoms.